The van der Waals surface area contributed by atoms with E-state index in [0.717, 1.165) is 13.2 Å². The highest BCUT2D eigenvalue weighted by Crippen LogP contribution is 2.20. The summed E-state index contributed by atoms with van der Waals surface area (Å²) in [4.78, 5) is 0. The molecule has 1 aromatic rings. The van der Waals surface area contributed by atoms with Crippen LogP contribution in [0.15, 0.2) is 18.2 Å². The fourth-order valence-electron chi connectivity index (χ4n) is 1.72. The summed E-state index contributed by atoms with van der Waals surface area (Å²) in [6.45, 7) is 7.84. The van der Waals surface area contributed by atoms with Gasteiger partial charge in [0.15, 0.2) is 0 Å². The largest absolute Gasteiger partial charge is 0.380 e. The molecular formula is C13H21NO. The first-order chi connectivity index (χ1) is 7.20. The minimum absolute atomic E-state index is 0.296. The van der Waals surface area contributed by atoms with Gasteiger partial charge in [0.2, 0.25) is 0 Å². The number of likely N-dealkylation sites (N-methyl/N-ethyl adjacent to an activating group) is 1. The van der Waals surface area contributed by atoms with Crippen molar-refractivity contribution in [2.45, 2.75) is 26.8 Å². The summed E-state index contributed by atoms with van der Waals surface area (Å²) in [7, 11) is 1.98. The number of benzene rings is 1. The topological polar surface area (TPSA) is 21.3 Å². The molecule has 0 aliphatic carbocycles. The fourth-order valence-corrected chi connectivity index (χ4v) is 1.72. The van der Waals surface area contributed by atoms with Gasteiger partial charge in [0, 0.05) is 6.61 Å². The summed E-state index contributed by atoms with van der Waals surface area (Å²) >= 11 is 0. The van der Waals surface area contributed by atoms with E-state index in [9.17, 15) is 0 Å². The van der Waals surface area contributed by atoms with E-state index in [0.29, 0.717) is 6.04 Å². The Hall–Kier alpha value is -0.860. The van der Waals surface area contributed by atoms with Crippen LogP contribution in [-0.2, 0) is 4.74 Å². The lowest BCUT2D eigenvalue weighted by Gasteiger charge is -2.19. The van der Waals surface area contributed by atoms with Crippen molar-refractivity contribution in [3.05, 3.63) is 34.9 Å². The Morgan fingerprint density at radius 3 is 2.67 bits per heavy atom. The Balaban J connectivity index is 2.86. The predicted octanol–water partition coefficient (Wildman–Crippen LogP) is 2.60. The van der Waals surface area contributed by atoms with Crippen molar-refractivity contribution in [3.63, 3.8) is 0 Å². The van der Waals surface area contributed by atoms with Gasteiger partial charge in [-0.3, -0.25) is 0 Å². The number of hydrogen-bond acceptors (Lipinski definition) is 2. The average molecular weight is 207 g/mol. The Kier molecular flexibility index (Phi) is 4.79. The van der Waals surface area contributed by atoms with E-state index in [-0.39, 0.29) is 0 Å². The molecule has 1 atom stereocenters. The SMILES string of the molecule is CCOCC(NC)c1cccc(C)c1C. The van der Waals surface area contributed by atoms with Crippen molar-refractivity contribution in [3.8, 4) is 0 Å². The van der Waals surface area contributed by atoms with Crippen LogP contribution in [0.3, 0.4) is 0 Å². The molecule has 0 heterocycles. The summed E-state index contributed by atoms with van der Waals surface area (Å²) in [5, 5.41) is 3.30. The summed E-state index contributed by atoms with van der Waals surface area (Å²) in [5.41, 5.74) is 4.03. The number of aryl methyl sites for hydroxylation is 1. The number of rotatable bonds is 5. The molecule has 0 fully saturated rings. The van der Waals surface area contributed by atoms with Gasteiger partial charge in [0.05, 0.1) is 12.6 Å². The van der Waals surface area contributed by atoms with Gasteiger partial charge in [-0.2, -0.15) is 0 Å². The van der Waals surface area contributed by atoms with Crippen LogP contribution in [0, 0.1) is 13.8 Å². The van der Waals surface area contributed by atoms with Gasteiger partial charge in [-0.25, -0.2) is 0 Å². The normalized spacial score (nSPS) is 12.8. The lowest BCUT2D eigenvalue weighted by molar-refractivity contribution is 0.125. The van der Waals surface area contributed by atoms with Crippen molar-refractivity contribution in [1.82, 2.24) is 5.32 Å². The van der Waals surface area contributed by atoms with Crippen LogP contribution in [0.4, 0.5) is 0 Å². The van der Waals surface area contributed by atoms with Gasteiger partial charge in [0.25, 0.3) is 0 Å². The number of ether oxygens (including phenoxy) is 1. The van der Waals surface area contributed by atoms with Gasteiger partial charge in [-0.1, -0.05) is 18.2 Å². The van der Waals surface area contributed by atoms with Gasteiger partial charge in [-0.15, -0.1) is 0 Å². The maximum absolute atomic E-state index is 5.47. The zero-order chi connectivity index (χ0) is 11.3. The Morgan fingerprint density at radius 2 is 2.07 bits per heavy atom. The van der Waals surface area contributed by atoms with E-state index in [1.807, 2.05) is 14.0 Å². The van der Waals surface area contributed by atoms with Crippen LogP contribution in [0.25, 0.3) is 0 Å². The number of hydrogen-bond donors (Lipinski definition) is 1. The molecule has 1 N–H and O–H groups in total. The molecule has 0 saturated carbocycles. The monoisotopic (exact) mass is 207 g/mol. The summed E-state index contributed by atoms with van der Waals surface area (Å²) in [5.74, 6) is 0. The lowest BCUT2D eigenvalue weighted by Crippen LogP contribution is -2.22. The fraction of sp³-hybridized carbons (Fsp3) is 0.538. The third-order valence-corrected chi connectivity index (χ3v) is 2.86. The van der Waals surface area contributed by atoms with Crippen LogP contribution in [0.2, 0.25) is 0 Å². The highest BCUT2D eigenvalue weighted by atomic mass is 16.5. The standard InChI is InChI=1S/C13H21NO/c1-5-15-9-13(14-4)12-8-6-7-10(2)11(12)3/h6-8,13-14H,5,9H2,1-4H3. The molecule has 0 saturated heterocycles. The maximum Gasteiger partial charge on any atom is 0.0661 e. The van der Waals surface area contributed by atoms with Gasteiger partial charge in [-0.05, 0) is 44.5 Å². The lowest BCUT2D eigenvalue weighted by atomic mass is 9.98. The van der Waals surface area contributed by atoms with Crippen LogP contribution in [-0.4, -0.2) is 20.3 Å². The van der Waals surface area contributed by atoms with Crippen molar-refractivity contribution in [2.75, 3.05) is 20.3 Å². The second-order valence-corrected chi connectivity index (χ2v) is 3.79. The zero-order valence-corrected chi connectivity index (χ0v) is 10.1. The van der Waals surface area contributed by atoms with Crippen LogP contribution in [0.5, 0.6) is 0 Å². The van der Waals surface area contributed by atoms with Gasteiger partial charge in [0.1, 0.15) is 0 Å². The highest BCUT2D eigenvalue weighted by molar-refractivity contribution is 5.35. The van der Waals surface area contributed by atoms with E-state index >= 15 is 0 Å². The third kappa shape index (κ3) is 3.05. The Bertz CT molecular complexity index is 309. The molecule has 2 nitrogen and oxygen atoms in total. The summed E-state index contributed by atoms with van der Waals surface area (Å²) in [6.07, 6.45) is 0. The molecule has 1 rings (SSSR count). The second kappa shape index (κ2) is 5.89. The second-order valence-electron chi connectivity index (χ2n) is 3.79. The molecule has 1 unspecified atom stereocenters. The van der Waals surface area contributed by atoms with E-state index in [2.05, 4.69) is 37.4 Å². The molecule has 0 bridgehead atoms. The van der Waals surface area contributed by atoms with Crippen molar-refractivity contribution in [1.29, 1.82) is 0 Å². The minimum atomic E-state index is 0.296. The van der Waals surface area contributed by atoms with Crippen LogP contribution in [0.1, 0.15) is 29.7 Å². The molecule has 84 valence electrons. The first kappa shape index (κ1) is 12.2. The molecule has 0 aliphatic rings. The van der Waals surface area contributed by atoms with Crippen LogP contribution < -0.4 is 5.32 Å². The minimum Gasteiger partial charge on any atom is -0.380 e. The molecule has 0 aliphatic heterocycles. The van der Waals surface area contributed by atoms with Crippen molar-refractivity contribution < 1.29 is 4.74 Å². The van der Waals surface area contributed by atoms with Gasteiger partial charge < -0.3 is 10.1 Å². The zero-order valence-electron chi connectivity index (χ0n) is 10.1. The molecule has 0 aromatic heterocycles. The van der Waals surface area contributed by atoms with Gasteiger partial charge >= 0.3 is 0 Å². The van der Waals surface area contributed by atoms with E-state index < -0.39 is 0 Å². The van der Waals surface area contributed by atoms with E-state index in [1.54, 1.807) is 0 Å². The third-order valence-electron chi connectivity index (χ3n) is 2.86. The molecule has 2 heteroatoms. The molecular weight excluding hydrogens is 186 g/mol. The van der Waals surface area contributed by atoms with Crippen molar-refractivity contribution >= 4 is 0 Å². The summed E-state index contributed by atoms with van der Waals surface area (Å²) < 4.78 is 5.47. The quantitative estimate of drug-likeness (QED) is 0.801. The average Bonchev–Trinajstić information content (AvgIpc) is 2.25. The molecule has 0 spiro atoms. The smallest absolute Gasteiger partial charge is 0.0661 e. The molecule has 15 heavy (non-hydrogen) atoms. The molecule has 0 amide bonds. The molecule has 0 radical (unpaired) electrons. The Morgan fingerprint density at radius 1 is 1.33 bits per heavy atom. The molecule has 1 aromatic carbocycles. The Labute approximate surface area is 92.6 Å². The predicted molar refractivity (Wildman–Crippen MR) is 64.2 cm³/mol. The first-order valence-corrected chi connectivity index (χ1v) is 5.51. The number of nitrogens with one attached hydrogen (secondary N) is 1. The van der Waals surface area contributed by atoms with E-state index in [1.165, 1.54) is 16.7 Å². The highest BCUT2D eigenvalue weighted by Gasteiger charge is 2.12. The maximum atomic E-state index is 5.47. The van der Waals surface area contributed by atoms with E-state index in [4.69, 9.17) is 4.74 Å². The van der Waals surface area contributed by atoms with Crippen LogP contribution >= 0.6 is 0 Å². The summed E-state index contributed by atoms with van der Waals surface area (Å²) in [6, 6.07) is 6.72. The first-order valence-electron chi connectivity index (χ1n) is 5.51. The van der Waals surface area contributed by atoms with Crippen molar-refractivity contribution in [2.24, 2.45) is 0 Å².